The molecule has 0 saturated carbocycles. The summed E-state index contributed by atoms with van der Waals surface area (Å²) in [5, 5.41) is 13.6. The number of nitriles is 1. The molecule has 0 spiro atoms. The summed E-state index contributed by atoms with van der Waals surface area (Å²) in [5.74, 6) is -2.18. The molecule has 0 aliphatic carbocycles. The quantitative estimate of drug-likeness (QED) is 0.0637. The van der Waals surface area contributed by atoms with Gasteiger partial charge in [0.25, 0.3) is 5.91 Å². The molecule has 1 aromatic heterocycles. The van der Waals surface area contributed by atoms with E-state index in [0.717, 1.165) is 11.3 Å². The van der Waals surface area contributed by atoms with Crippen molar-refractivity contribution < 1.29 is 47.5 Å². The molecule has 204 valence electrons. The molecule has 4 N–H and O–H groups in total. The number of carbonyl (C=O) groups is 4. The van der Waals surface area contributed by atoms with E-state index in [9.17, 15) is 19.2 Å². The second-order valence-corrected chi connectivity index (χ2v) is 9.56. The summed E-state index contributed by atoms with van der Waals surface area (Å²) in [5.41, 5.74) is 11.4. The van der Waals surface area contributed by atoms with Crippen molar-refractivity contribution in [2.24, 2.45) is 16.8 Å². The van der Waals surface area contributed by atoms with Crippen LogP contribution in [0, 0.1) is 17.2 Å². The fourth-order valence-corrected chi connectivity index (χ4v) is 5.44. The van der Waals surface area contributed by atoms with E-state index in [0.29, 0.717) is 5.75 Å². The third-order valence-corrected chi connectivity index (χ3v) is 7.13. The highest BCUT2D eigenvalue weighted by atomic mass is 32.2. The van der Waals surface area contributed by atoms with Crippen LogP contribution >= 0.6 is 23.1 Å². The van der Waals surface area contributed by atoms with Crippen molar-refractivity contribution in [3.63, 3.8) is 0 Å². The van der Waals surface area contributed by atoms with Crippen molar-refractivity contribution in [2.45, 2.75) is 32.2 Å². The van der Waals surface area contributed by atoms with Gasteiger partial charge >= 0.3 is 17.3 Å². The lowest BCUT2D eigenvalue weighted by molar-refractivity contribution is -0.717. The van der Waals surface area contributed by atoms with E-state index in [-0.39, 0.29) is 60.1 Å². The van der Waals surface area contributed by atoms with Gasteiger partial charge in [0, 0.05) is 18.1 Å². The molecule has 3 atom stereocenters. The van der Waals surface area contributed by atoms with Gasteiger partial charge < -0.3 is 29.5 Å². The number of nitrogens with two attached hydrogens (primary N) is 2. The van der Waals surface area contributed by atoms with E-state index >= 15 is 0 Å². The van der Waals surface area contributed by atoms with Crippen LogP contribution in [0.15, 0.2) is 22.3 Å². The summed E-state index contributed by atoms with van der Waals surface area (Å²) < 4.78 is 21.7. The van der Waals surface area contributed by atoms with Gasteiger partial charge in [-0.2, -0.15) is 9.83 Å². The first-order chi connectivity index (χ1) is 18.2. The zero-order valence-electron chi connectivity index (χ0n) is 20.4. The van der Waals surface area contributed by atoms with Gasteiger partial charge in [-0.05, 0) is 13.0 Å². The number of carbonyl (C=O) groups excluding carboxylic acids is 4. The molecule has 2 unspecified atom stereocenters. The van der Waals surface area contributed by atoms with Gasteiger partial charge in [0.15, 0.2) is 12.4 Å². The summed E-state index contributed by atoms with van der Waals surface area (Å²) in [7, 11) is 0. The smallest absolute Gasteiger partial charge is 0.435 e. The predicted molar refractivity (Wildman–Crippen MR) is 131 cm³/mol. The Hall–Kier alpha value is -3.88. The molecule has 17 heteroatoms. The zero-order chi connectivity index (χ0) is 27.8. The van der Waals surface area contributed by atoms with E-state index in [1.165, 1.54) is 33.5 Å². The largest absolute Gasteiger partial charge is 0.511 e. The van der Waals surface area contributed by atoms with Gasteiger partial charge in [0.05, 0.1) is 24.5 Å². The van der Waals surface area contributed by atoms with Gasteiger partial charge in [-0.1, -0.05) is 16.5 Å². The number of thiazole rings is 1. The van der Waals surface area contributed by atoms with Gasteiger partial charge in [-0.25, -0.2) is 9.59 Å². The number of nitrogens with zero attached hydrogens (tertiary/aromatic N) is 4. The Morgan fingerprint density at radius 2 is 2.13 bits per heavy atom. The van der Waals surface area contributed by atoms with E-state index in [1.807, 2.05) is 0 Å². The Balaban J connectivity index is 1.59. The lowest BCUT2D eigenvalue weighted by Crippen LogP contribution is -2.62. The Labute approximate surface area is 224 Å². The van der Waals surface area contributed by atoms with Crippen LogP contribution in [0.1, 0.15) is 19.5 Å². The van der Waals surface area contributed by atoms with E-state index in [1.54, 1.807) is 19.1 Å². The van der Waals surface area contributed by atoms with Crippen molar-refractivity contribution in [1.82, 2.24) is 4.90 Å². The number of primary amides is 1. The van der Waals surface area contributed by atoms with E-state index in [4.69, 9.17) is 35.8 Å². The second-order valence-electron chi connectivity index (χ2n) is 7.52. The Kier molecular flexibility index (Phi) is 9.87. The number of anilines is 1. The zero-order valence-corrected chi connectivity index (χ0v) is 22.0. The Bertz CT molecular complexity index is 1190. The second kappa shape index (κ2) is 13.1. The number of rotatable bonds is 12. The van der Waals surface area contributed by atoms with Gasteiger partial charge in [-0.15, -0.1) is 11.8 Å². The Morgan fingerprint density at radius 1 is 1.37 bits per heavy atom. The molecule has 3 rings (SSSR count). The molecule has 0 aromatic carbocycles. The SMILES string of the molecule is CCOC(=O)OC(C)OC(=O)C1=CCS[C@H]2C(COC[n+]3c(/C(=N/OCC#N)C(N)=O)csc3N)C(=O)N12. The molecule has 0 radical (unpaired) electrons. The number of thioether (sulfide) groups is 1. The molecule has 3 heterocycles. The average molecular weight is 570 g/mol. The number of fused-ring (bicyclic) bond motifs is 1. The van der Waals surface area contributed by atoms with Crippen molar-refractivity contribution in [3.8, 4) is 6.07 Å². The summed E-state index contributed by atoms with van der Waals surface area (Å²) in [4.78, 5) is 54.8. The maximum Gasteiger partial charge on any atom is 0.511 e. The minimum atomic E-state index is -1.22. The monoisotopic (exact) mass is 569 g/mol. The highest BCUT2D eigenvalue weighted by Crippen LogP contribution is 2.41. The molecule has 1 aromatic rings. The summed E-state index contributed by atoms with van der Waals surface area (Å²) in [6.07, 6.45) is -0.636. The standard InChI is InChI=1S/C21H24N6O9S2/c1-3-33-21(31)36-11(2)35-19(30)13-4-7-37-18-12(17(29)27(13)18)8-32-10-26-14(9-38-20(26)24)15(16(23)28)25-34-6-5-22/h4,9,11-12,18,24H,3,6-8,10H2,1-2H3,(H2,23,28)/p+1/b25-15-/t11?,12?,18-/m0/s1. The highest BCUT2D eigenvalue weighted by molar-refractivity contribution is 8.00. The van der Waals surface area contributed by atoms with E-state index < -0.39 is 30.2 Å². The molecule has 1 saturated heterocycles. The molecule has 2 aliphatic heterocycles. The first-order valence-corrected chi connectivity index (χ1v) is 13.0. The number of amides is 2. The number of hydrogen-bond acceptors (Lipinski definition) is 14. The summed E-state index contributed by atoms with van der Waals surface area (Å²) >= 11 is 2.54. The van der Waals surface area contributed by atoms with Crippen LogP contribution in [0.25, 0.3) is 0 Å². The number of β-lactam (4-membered cyclic amide) rings is 1. The van der Waals surface area contributed by atoms with Gasteiger partial charge in [0.2, 0.25) is 24.5 Å². The predicted octanol–water partition coefficient (Wildman–Crippen LogP) is -0.201. The van der Waals surface area contributed by atoms with Crippen LogP contribution in [0.3, 0.4) is 0 Å². The van der Waals surface area contributed by atoms with Gasteiger partial charge in [-0.3, -0.25) is 20.2 Å². The molecular formula is C21H25N6O9S2+. The minimum Gasteiger partial charge on any atom is -0.435 e. The van der Waals surface area contributed by atoms with Crippen molar-refractivity contribution in [3.05, 3.63) is 22.8 Å². The third kappa shape index (κ3) is 6.51. The summed E-state index contributed by atoms with van der Waals surface area (Å²) in [6.45, 7) is 2.53. The maximum atomic E-state index is 12.9. The highest BCUT2D eigenvalue weighted by Gasteiger charge is 2.52. The fourth-order valence-electron chi connectivity index (χ4n) is 3.45. The van der Waals surface area contributed by atoms with Crippen molar-refractivity contribution >= 4 is 57.9 Å². The van der Waals surface area contributed by atoms with Crippen LogP contribution in [0.2, 0.25) is 0 Å². The fraction of sp³-hybridized carbons (Fsp3) is 0.476. The third-order valence-electron chi connectivity index (χ3n) is 5.09. The van der Waals surface area contributed by atoms with Crippen LogP contribution in [0.5, 0.6) is 0 Å². The molecule has 2 aliphatic rings. The summed E-state index contributed by atoms with van der Waals surface area (Å²) in [6, 6.07) is 1.72. The lowest BCUT2D eigenvalue weighted by Gasteiger charge is -2.48. The number of oxime groups is 1. The van der Waals surface area contributed by atoms with Crippen molar-refractivity contribution in [1.29, 1.82) is 5.26 Å². The Morgan fingerprint density at radius 3 is 2.82 bits per heavy atom. The number of ether oxygens (including phenoxy) is 4. The molecular weight excluding hydrogens is 544 g/mol. The van der Waals surface area contributed by atoms with E-state index in [2.05, 4.69) is 9.89 Å². The molecule has 0 bridgehead atoms. The topological polar surface area (TPSA) is 210 Å². The molecule has 38 heavy (non-hydrogen) atoms. The van der Waals surface area contributed by atoms with Crippen LogP contribution in [0.4, 0.5) is 9.93 Å². The van der Waals surface area contributed by atoms with Crippen LogP contribution in [-0.2, 0) is 44.9 Å². The number of hydrogen-bond donors (Lipinski definition) is 2. The molecule has 1 fully saturated rings. The first kappa shape index (κ1) is 28.7. The van der Waals surface area contributed by atoms with Crippen LogP contribution in [-0.4, -0.2) is 71.8 Å². The van der Waals surface area contributed by atoms with Crippen LogP contribution < -0.4 is 16.0 Å². The lowest BCUT2D eigenvalue weighted by atomic mass is 9.97. The van der Waals surface area contributed by atoms with Crippen molar-refractivity contribution in [2.75, 3.05) is 31.3 Å². The van der Waals surface area contributed by atoms with Gasteiger partial charge in [0.1, 0.15) is 11.8 Å². The minimum absolute atomic E-state index is 0.00654. The normalized spacial score (nSPS) is 19.3. The number of aromatic nitrogens is 1. The molecule has 15 nitrogen and oxygen atoms in total. The average Bonchev–Trinajstić information content (AvgIpc) is 3.23. The maximum absolute atomic E-state index is 12.9. The number of esters is 1. The first-order valence-electron chi connectivity index (χ1n) is 11.1. The molecule has 2 amide bonds. The number of nitrogen functional groups attached to an aromatic ring is 1.